The standard InChI is InChI=1S/C12H12BrFN2O/c1-16-10(4-6-15-16)5-7-17-12-8-9(14)2-3-11(12)13/h2-4,6,8H,5,7H2,1H3. The minimum atomic E-state index is -0.302. The van der Waals surface area contributed by atoms with Gasteiger partial charge >= 0.3 is 0 Å². The number of rotatable bonds is 4. The summed E-state index contributed by atoms with van der Waals surface area (Å²) < 4.78 is 21.1. The molecule has 0 saturated carbocycles. The number of hydrogen-bond acceptors (Lipinski definition) is 2. The van der Waals surface area contributed by atoms with Gasteiger partial charge in [0.1, 0.15) is 11.6 Å². The van der Waals surface area contributed by atoms with Crippen molar-refractivity contribution in [2.24, 2.45) is 7.05 Å². The van der Waals surface area contributed by atoms with Gasteiger partial charge in [0, 0.05) is 31.4 Å². The summed E-state index contributed by atoms with van der Waals surface area (Å²) in [5, 5.41) is 4.07. The first-order chi connectivity index (χ1) is 8.16. The van der Waals surface area contributed by atoms with Gasteiger partial charge in [0.25, 0.3) is 0 Å². The van der Waals surface area contributed by atoms with Gasteiger partial charge in [-0.2, -0.15) is 5.10 Å². The van der Waals surface area contributed by atoms with Crippen LogP contribution < -0.4 is 4.74 Å². The van der Waals surface area contributed by atoms with Crippen molar-refractivity contribution in [1.82, 2.24) is 9.78 Å². The van der Waals surface area contributed by atoms with Gasteiger partial charge in [-0.05, 0) is 34.1 Å². The van der Waals surface area contributed by atoms with Gasteiger partial charge in [0.05, 0.1) is 11.1 Å². The molecule has 0 aliphatic carbocycles. The monoisotopic (exact) mass is 298 g/mol. The molecule has 3 nitrogen and oxygen atoms in total. The van der Waals surface area contributed by atoms with E-state index in [-0.39, 0.29) is 5.82 Å². The summed E-state index contributed by atoms with van der Waals surface area (Å²) in [6, 6.07) is 6.32. The predicted octanol–water partition coefficient (Wildman–Crippen LogP) is 2.94. The Morgan fingerprint density at radius 2 is 2.24 bits per heavy atom. The predicted molar refractivity (Wildman–Crippen MR) is 66.5 cm³/mol. The number of aromatic nitrogens is 2. The Labute approximate surface area is 107 Å². The average molecular weight is 299 g/mol. The minimum Gasteiger partial charge on any atom is -0.492 e. The third-order valence-corrected chi connectivity index (χ3v) is 3.09. The Morgan fingerprint density at radius 3 is 2.94 bits per heavy atom. The molecule has 0 unspecified atom stereocenters. The molecule has 2 rings (SSSR count). The molecular weight excluding hydrogens is 287 g/mol. The van der Waals surface area contributed by atoms with Crippen LogP contribution in [0, 0.1) is 5.82 Å². The zero-order valence-corrected chi connectivity index (χ0v) is 10.9. The van der Waals surface area contributed by atoms with Crippen LogP contribution in [-0.2, 0) is 13.5 Å². The lowest BCUT2D eigenvalue weighted by Gasteiger charge is -2.08. The average Bonchev–Trinajstić information content (AvgIpc) is 2.70. The van der Waals surface area contributed by atoms with E-state index in [0.717, 1.165) is 16.6 Å². The highest BCUT2D eigenvalue weighted by Gasteiger charge is 2.04. The van der Waals surface area contributed by atoms with Crippen LogP contribution in [0.4, 0.5) is 4.39 Å². The van der Waals surface area contributed by atoms with Gasteiger partial charge < -0.3 is 4.74 Å². The van der Waals surface area contributed by atoms with Crippen molar-refractivity contribution in [3.63, 3.8) is 0 Å². The van der Waals surface area contributed by atoms with E-state index in [4.69, 9.17) is 4.74 Å². The highest BCUT2D eigenvalue weighted by molar-refractivity contribution is 9.10. The maximum atomic E-state index is 13.0. The van der Waals surface area contributed by atoms with Crippen molar-refractivity contribution in [3.05, 3.63) is 46.4 Å². The Morgan fingerprint density at radius 1 is 1.41 bits per heavy atom. The molecule has 5 heteroatoms. The van der Waals surface area contributed by atoms with Crippen molar-refractivity contribution in [3.8, 4) is 5.75 Å². The number of hydrogen-bond donors (Lipinski definition) is 0. The molecule has 0 fully saturated rings. The molecule has 2 aromatic rings. The van der Waals surface area contributed by atoms with E-state index in [0.29, 0.717) is 12.4 Å². The molecule has 1 heterocycles. The van der Waals surface area contributed by atoms with Gasteiger partial charge in [0.15, 0.2) is 0 Å². The molecule has 0 spiro atoms. The summed E-state index contributed by atoms with van der Waals surface area (Å²) in [6.07, 6.45) is 2.48. The van der Waals surface area contributed by atoms with Crippen LogP contribution in [0.25, 0.3) is 0 Å². The lowest BCUT2D eigenvalue weighted by atomic mass is 10.3. The van der Waals surface area contributed by atoms with Crippen LogP contribution in [0.5, 0.6) is 5.75 Å². The van der Waals surface area contributed by atoms with E-state index in [1.165, 1.54) is 12.1 Å². The van der Waals surface area contributed by atoms with Crippen molar-refractivity contribution in [2.75, 3.05) is 6.61 Å². The van der Waals surface area contributed by atoms with Gasteiger partial charge in [-0.25, -0.2) is 4.39 Å². The fourth-order valence-corrected chi connectivity index (χ4v) is 1.86. The van der Waals surface area contributed by atoms with Crippen LogP contribution in [0.15, 0.2) is 34.9 Å². The first kappa shape index (κ1) is 12.1. The number of benzene rings is 1. The summed E-state index contributed by atoms with van der Waals surface area (Å²) in [5.74, 6) is 0.218. The SMILES string of the molecule is Cn1nccc1CCOc1cc(F)ccc1Br. The Balaban J connectivity index is 1.94. The van der Waals surface area contributed by atoms with Crippen molar-refractivity contribution >= 4 is 15.9 Å². The van der Waals surface area contributed by atoms with Gasteiger partial charge in [-0.1, -0.05) is 0 Å². The van der Waals surface area contributed by atoms with Gasteiger partial charge in [-0.15, -0.1) is 0 Å². The quantitative estimate of drug-likeness (QED) is 0.868. The van der Waals surface area contributed by atoms with Crippen LogP contribution in [0.2, 0.25) is 0 Å². The minimum absolute atomic E-state index is 0.302. The van der Waals surface area contributed by atoms with Crippen molar-refractivity contribution in [1.29, 1.82) is 0 Å². The summed E-state index contributed by atoms with van der Waals surface area (Å²) in [7, 11) is 1.88. The Bertz CT molecular complexity index is 513. The summed E-state index contributed by atoms with van der Waals surface area (Å²) in [6.45, 7) is 0.488. The normalized spacial score (nSPS) is 10.5. The third kappa shape index (κ3) is 3.06. The topological polar surface area (TPSA) is 27.1 Å². The van der Waals surface area contributed by atoms with Crippen LogP contribution in [0.1, 0.15) is 5.69 Å². The van der Waals surface area contributed by atoms with Crippen LogP contribution in [-0.4, -0.2) is 16.4 Å². The first-order valence-electron chi connectivity index (χ1n) is 5.21. The second-order valence-electron chi connectivity index (χ2n) is 3.62. The summed E-state index contributed by atoms with van der Waals surface area (Å²) in [4.78, 5) is 0. The van der Waals surface area contributed by atoms with E-state index in [2.05, 4.69) is 21.0 Å². The number of nitrogens with zero attached hydrogens (tertiary/aromatic N) is 2. The molecule has 0 bridgehead atoms. The molecule has 0 saturated heterocycles. The molecule has 0 radical (unpaired) electrons. The molecule has 0 aliphatic heterocycles. The molecule has 1 aromatic carbocycles. The van der Waals surface area contributed by atoms with Crippen LogP contribution >= 0.6 is 15.9 Å². The Kier molecular flexibility index (Phi) is 3.78. The van der Waals surface area contributed by atoms with E-state index < -0.39 is 0 Å². The smallest absolute Gasteiger partial charge is 0.136 e. The molecule has 1 aromatic heterocycles. The lowest BCUT2D eigenvalue weighted by molar-refractivity contribution is 0.315. The number of halogens is 2. The highest BCUT2D eigenvalue weighted by Crippen LogP contribution is 2.25. The van der Waals surface area contributed by atoms with Crippen LogP contribution in [0.3, 0.4) is 0 Å². The molecule has 90 valence electrons. The summed E-state index contributed by atoms with van der Waals surface area (Å²) >= 11 is 3.31. The van der Waals surface area contributed by atoms with E-state index in [9.17, 15) is 4.39 Å². The van der Waals surface area contributed by atoms with E-state index in [1.54, 1.807) is 16.9 Å². The fourth-order valence-electron chi connectivity index (χ4n) is 1.50. The second-order valence-corrected chi connectivity index (χ2v) is 4.47. The molecule has 0 N–H and O–H groups in total. The zero-order chi connectivity index (χ0) is 12.3. The molecular formula is C12H12BrFN2O. The molecule has 0 amide bonds. The van der Waals surface area contributed by atoms with E-state index >= 15 is 0 Å². The number of ether oxygens (including phenoxy) is 1. The zero-order valence-electron chi connectivity index (χ0n) is 9.36. The largest absolute Gasteiger partial charge is 0.492 e. The molecule has 17 heavy (non-hydrogen) atoms. The fraction of sp³-hybridized carbons (Fsp3) is 0.250. The third-order valence-electron chi connectivity index (χ3n) is 2.43. The molecule has 0 aliphatic rings. The number of aryl methyl sites for hydroxylation is 1. The summed E-state index contributed by atoms with van der Waals surface area (Å²) in [5.41, 5.74) is 1.08. The lowest BCUT2D eigenvalue weighted by Crippen LogP contribution is -2.06. The maximum absolute atomic E-state index is 13.0. The van der Waals surface area contributed by atoms with Gasteiger partial charge in [0.2, 0.25) is 0 Å². The van der Waals surface area contributed by atoms with E-state index in [1.807, 2.05) is 13.1 Å². The van der Waals surface area contributed by atoms with Crippen molar-refractivity contribution < 1.29 is 9.13 Å². The highest BCUT2D eigenvalue weighted by atomic mass is 79.9. The van der Waals surface area contributed by atoms with Gasteiger partial charge in [-0.3, -0.25) is 4.68 Å². The maximum Gasteiger partial charge on any atom is 0.136 e. The van der Waals surface area contributed by atoms with Crippen molar-refractivity contribution in [2.45, 2.75) is 6.42 Å². The second kappa shape index (κ2) is 5.31. The molecule has 0 atom stereocenters. The first-order valence-corrected chi connectivity index (χ1v) is 6.01. The Hall–Kier alpha value is -1.36.